The summed E-state index contributed by atoms with van der Waals surface area (Å²) in [5.41, 5.74) is 2.26. The smallest absolute Gasteiger partial charge is 0.373 e. The molecule has 4 nitrogen and oxygen atoms in total. The third-order valence-electron chi connectivity index (χ3n) is 3.25. The van der Waals surface area contributed by atoms with Crippen molar-refractivity contribution in [3.63, 3.8) is 0 Å². The molecule has 5 heteroatoms. The highest BCUT2D eigenvalue weighted by atomic mass is 79.9. The molecule has 0 saturated heterocycles. The monoisotopic (exact) mass is 351 g/mol. The summed E-state index contributed by atoms with van der Waals surface area (Å²) >= 11 is 3.47. The summed E-state index contributed by atoms with van der Waals surface area (Å²) in [6.07, 6.45) is 0. The minimum Gasteiger partial charge on any atom is -0.463 e. The summed E-state index contributed by atoms with van der Waals surface area (Å²) in [5, 5.41) is 3.38. The number of nitrogens with one attached hydrogen (secondary N) is 1. The Hall–Kier alpha value is -1.59. The number of hydrogen-bond acceptors (Lipinski definition) is 4. The second kappa shape index (κ2) is 6.91. The van der Waals surface area contributed by atoms with Crippen LogP contribution in [0.4, 0.5) is 0 Å². The standard InChI is InChI=1S/C16H18BrNO3/c1-4-18-15(12-6-5-11(17)9-10(12)2)13-7-8-14(21-13)16(19)20-3/h5-9,15,18H,4H2,1-3H3. The van der Waals surface area contributed by atoms with E-state index < -0.39 is 5.97 Å². The van der Waals surface area contributed by atoms with E-state index in [0.29, 0.717) is 5.76 Å². The van der Waals surface area contributed by atoms with E-state index in [-0.39, 0.29) is 11.8 Å². The minimum atomic E-state index is -0.468. The summed E-state index contributed by atoms with van der Waals surface area (Å²) in [5.74, 6) is 0.442. The van der Waals surface area contributed by atoms with Crippen molar-refractivity contribution in [3.05, 3.63) is 57.5 Å². The molecule has 0 aliphatic heterocycles. The maximum absolute atomic E-state index is 11.5. The zero-order valence-electron chi connectivity index (χ0n) is 12.3. The average molecular weight is 352 g/mol. The van der Waals surface area contributed by atoms with E-state index in [1.54, 1.807) is 12.1 Å². The van der Waals surface area contributed by atoms with Crippen LogP contribution in [0.2, 0.25) is 0 Å². The molecule has 0 radical (unpaired) electrons. The Bertz CT molecular complexity index is 636. The molecule has 2 rings (SSSR count). The number of methoxy groups -OCH3 is 1. The first-order valence-electron chi connectivity index (χ1n) is 6.74. The molecule has 1 aromatic carbocycles. The molecule has 21 heavy (non-hydrogen) atoms. The molecule has 112 valence electrons. The van der Waals surface area contributed by atoms with Gasteiger partial charge in [-0.25, -0.2) is 4.79 Å². The Morgan fingerprint density at radius 3 is 2.76 bits per heavy atom. The molecule has 1 unspecified atom stereocenters. The molecule has 1 N–H and O–H groups in total. The number of esters is 1. The molecule has 1 aromatic heterocycles. The van der Waals surface area contributed by atoms with Crippen molar-refractivity contribution in [1.82, 2.24) is 5.32 Å². The van der Waals surface area contributed by atoms with Crippen LogP contribution in [0.25, 0.3) is 0 Å². The first kappa shape index (κ1) is 15.8. The molecule has 0 spiro atoms. The molecular formula is C16H18BrNO3. The number of ether oxygens (including phenoxy) is 1. The Kier molecular flexibility index (Phi) is 5.20. The third kappa shape index (κ3) is 3.54. The number of carbonyl (C=O) groups excluding carboxylic acids is 1. The van der Waals surface area contributed by atoms with Gasteiger partial charge in [0.1, 0.15) is 5.76 Å². The molecule has 2 aromatic rings. The van der Waals surface area contributed by atoms with Gasteiger partial charge in [-0.1, -0.05) is 28.9 Å². The predicted molar refractivity (Wildman–Crippen MR) is 84.4 cm³/mol. The maximum Gasteiger partial charge on any atom is 0.373 e. The highest BCUT2D eigenvalue weighted by molar-refractivity contribution is 9.10. The number of carbonyl (C=O) groups is 1. The topological polar surface area (TPSA) is 51.5 Å². The molecule has 0 fully saturated rings. The molecule has 1 atom stereocenters. The lowest BCUT2D eigenvalue weighted by Crippen LogP contribution is -2.22. The van der Waals surface area contributed by atoms with Gasteiger partial charge < -0.3 is 14.5 Å². The van der Waals surface area contributed by atoms with Crippen molar-refractivity contribution in [2.24, 2.45) is 0 Å². The molecule has 0 bridgehead atoms. The Labute approximate surface area is 132 Å². The quantitative estimate of drug-likeness (QED) is 0.831. The number of aryl methyl sites for hydroxylation is 1. The molecule has 0 saturated carbocycles. The molecule has 0 aliphatic carbocycles. The fraction of sp³-hybridized carbons (Fsp3) is 0.312. The Morgan fingerprint density at radius 2 is 2.14 bits per heavy atom. The summed E-state index contributed by atoms with van der Waals surface area (Å²) in [6, 6.07) is 9.45. The van der Waals surface area contributed by atoms with Gasteiger partial charge in [0.15, 0.2) is 0 Å². The lowest BCUT2D eigenvalue weighted by Gasteiger charge is -2.18. The first-order chi connectivity index (χ1) is 10.1. The van der Waals surface area contributed by atoms with Gasteiger partial charge in [-0.05, 0) is 48.9 Å². The van der Waals surface area contributed by atoms with Crippen molar-refractivity contribution in [3.8, 4) is 0 Å². The highest BCUT2D eigenvalue weighted by Gasteiger charge is 2.21. The first-order valence-corrected chi connectivity index (χ1v) is 7.53. The van der Waals surface area contributed by atoms with Gasteiger partial charge in [0, 0.05) is 4.47 Å². The van der Waals surface area contributed by atoms with Crippen LogP contribution in [0.3, 0.4) is 0 Å². The van der Waals surface area contributed by atoms with Crippen LogP contribution in [0, 0.1) is 6.92 Å². The lowest BCUT2D eigenvalue weighted by molar-refractivity contribution is 0.0562. The van der Waals surface area contributed by atoms with Gasteiger partial charge in [0.25, 0.3) is 0 Å². The Morgan fingerprint density at radius 1 is 1.38 bits per heavy atom. The van der Waals surface area contributed by atoms with E-state index in [4.69, 9.17) is 4.42 Å². The van der Waals surface area contributed by atoms with Crippen molar-refractivity contribution in [1.29, 1.82) is 0 Å². The predicted octanol–water partition coefficient (Wildman–Crippen LogP) is 3.84. The van der Waals surface area contributed by atoms with E-state index >= 15 is 0 Å². The number of rotatable bonds is 5. The maximum atomic E-state index is 11.5. The minimum absolute atomic E-state index is 0.0958. The number of benzene rings is 1. The zero-order chi connectivity index (χ0) is 15.4. The summed E-state index contributed by atoms with van der Waals surface area (Å²) in [7, 11) is 1.34. The summed E-state index contributed by atoms with van der Waals surface area (Å²) in [6.45, 7) is 4.87. The van der Waals surface area contributed by atoms with Gasteiger partial charge in [-0.3, -0.25) is 0 Å². The van der Waals surface area contributed by atoms with E-state index in [2.05, 4.69) is 39.0 Å². The van der Waals surface area contributed by atoms with Gasteiger partial charge >= 0.3 is 5.97 Å². The van der Waals surface area contributed by atoms with Crippen molar-refractivity contribution >= 4 is 21.9 Å². The molecule has 1 heterocycles. The average Bonchev–Trinajstić information content (AvgIpc) is 2.94. The van der Waals surface area contributed by atoms with Crippen LogP contribution in [-0.4, -0.2) is 19.6 Å². The molecule has 0 amide bonds. The fourth-order valence-corrected chi connectivity index (χ4v) is 2.72. The highest BCUT2D eigenvalue weighted by Crippen LogP contribution is 2.28. The van der Waals surface area contributed by atoms with Crippen molar-refractivity contribution in [2.45, 2.75) is 19.9 Å². The van der Waals surface area contributed by atoms with Crippen LogP contribution in [0.15, 0.2) is 39.2 Å². The van der Waals surface area contributed by atoms with Gasteiger partial charge in [-0.2, -0.15) is 0 Å². The van der Waals surface area contributed by atoms with Gasteiger partial charge in [-0.15, -0.1) is 0 Å². The number of furan rings is 1. The zero-order valence-corrected chi connectivity index (χ0v) is 13.9. The van der Waals surface area contributed by atoms with E-state index in [1.165, 1.54) is 7.11 Å². The van der Waals surface area contributed by atoms with Crippen molar-refractivity contribution < 1.29 is 13.9 Å². The SMILES string of the molecule is CCNC(c1ccc(C(=O)OC)o1)c1ccc(Br)cc1C. The van der Waals surface area contributed by atoms with Crippen LogP contribution < -0.4 is 5.32 Å². The van der Waals surface area contributed by atoms with E-state index in [9.17, 15) is 4.79 Å². The molecular weight excluding hydrogens is 334 g/mol. The number of halogens is 1. The van der Waals surface area contributed by atoms with E-state index in [1.807, 2.05) is 19.1 Å². The van der Waals surface area contributed by atoms with E-state index in [0.717, 1.165) is 22.1 Å². The van der Waals surface area contributed by atoms with Crippen LogP contribution >= 0.6 is 15.9 Å². The summed E-state index contributed by atoms with van der Waals surface area (Å²) in [4.78, 5) is 11.5. The van der Waals surface area contributed by atoms with Crippen LogP contribution in [0.1, 0.15) is 40.4 Å². The second-order valence-electron chi connectivity index (χ2n) is 4.69. The fourth-order valence-electron chi connectivity index (χ4n) is 2.25. The summed E-state index contributed by atoms with van der Waals surface area (Å²) < 4.78 is 11.4. The number of hydrogen-bond donors (Lipinski definition) is 1. The van der Waals surface area contributed by atoms with Gasteiger partial charge in [0.05, 0.1) is 13.2 Å². The second-order valence-corrected chi connectivity index (χ2v) is 5.60. The van der Waals surface area contributed by atoms with Gasteiger partial charge in [0.2, 0.25) is 5.76 Å². The largest absolute Gasteiger partial charge is 0.463 e. The molecule has 0 aliphatic rings. The normalized spacial score (nSPS) is 12.2. The third-order valence-corrected chi connectivity index (χ3v) is 3.74. The van der Waals surface area contributed by atoms with Crippen LogP contribution in [0.5, 0.6) is 0 Å². The lowest BCUT2D eigenvalue weighted by atomic mass is 9.99. The van der Waals surface area contributed by atoms with Crippen LogP contribution in [-0.2, 0) is 4.74 Å². The van der Waals surface area contributed by atoms with Crippen molar-refractivity contribution in [2.75, 3.05) is 13.7 Å². The Balaban J connectivity index is 2.38.